The van der Waals surface area contributed by atoms with Crippen molar-refractivity contribution < 1.29 is 4.79 Å². The van der Waals surface area contributed by atoms with Crippen LogP contribution < -0.4 is 5.32 Å². The van der Waals surface area contributed by atoms with Crippen molar-refractivity contribution in [2.24, 2.45) is 0 Å². The van der Waals surface area contributed by atoms with Gasteiger partial charge in [0.2, 0.25) is 0 Å². The zero-order valence-corrected chi connectivity index (χ0v) is 9.21. The number of nitrogens with one attached hydrogen (secondary N) is 1. The van der Waals surface area contributed by atoms with Crippen LogP contribution in [0.3, 0.4) is 0 Å². The predicted molar refractivity (Wildman–Crippen MR) is 59.7 cm³/mol. The maximum atomic E-state index is 11.5. The Bertz CT molecular complexity index is 490. The molecule has 1 aromatic carbocycles. The Morgan fingerprint density at radius 1 is 1.43 bits per heavy atom. The smallest absolute Gasteiger partial charge is 0.253 e. The number of para-hydroxylation sites is 1. The number of fused-ring (bicyclic) bond motifs is 1. The topological polar surface area (TPSA) is 34.0 Å². The van der Waals surface area contributed by atoms with Gasteiger partial charge < -0.3 is 5.32 Å². The van der Waals surface area contributed by atoms with E-state index in [1.54, 1.807) is 16.8 Å². The molecule has 0 atom stereocenters. The van der Waals surface area contributed by atoms with Crippen LogP contribution in [0.1, 0.15) is 10.4 Å². The minimum atomic E-state index is -0.0700. The summed E-state index contributed by atoms with van der Waals surface area (Å²) in [5.41, 5.74) is 1.67. The summed E-state index contributed by atoms with van der Waals surface area (Å²) in [6.07, 6.45) is 1.77. The van der Waals surface area contributed by atoms with Gasteiger partial charge in [-0.05, 0) is 6.07 Å². The third-order valence-electron chi connectivity index (χ3n) is 2.14. The molecule has 1 aromatic heterocycles. The van der Waals surface area contributed by atoms with E-state index >= 15 is 0 Å². The van der Waals surface area contributed by atoms with Crippen molar-refractivity contribution in [1.82, 2.24) is 8.91 Å². The van der Waals surface area contributed by atoms with Gasteiger partial charge in [-0.1, -0.05) is 18.2 Å². The molecule has 1 heterocycles. The number of carbonyl (C=O) groups is 1. The number of rotatable bonds is 1. The zero-order chi connectivity index (χ0) is 10.1. The second-order valence-corrected chi connectivity index (χ2v) is 3.71. The van der Waals surface area contributed by atoms with Crippen molar-refractivity contribution in [3.8, 4) is 0 Å². The molecule has 0 spiro atoms. The normalized spacial score (nSPS) is 10.4. The van der Waals surface area contributed by atoms with Crippen LogP contribution in [0.2, 0.25) is 0 Å². The molecule has 1 N–H and O–H groups in total. The van der Waals surface area contributed by atoms with E-state index in [1.807, 2.05) is 24.3 Å². The summed E-state index contributed by atoms with van der Waals surface area (Å²) in [4.78, 5) is 11.5. The van der Waals surface area contributed by atoms with Gasteiger partial charge in [-0.15, -0.1) is 0 Å². The van der Waals surface area contributed by atoms with E-state index in [2.05, 4.69) is 21.5 Å². The molecule has 0 saturated carbocycles. The molecule has 0 aliphatic heterocycles. The minimum absolute atomic E-state index is 0.0700. The molecule has 0 aliphatic rings. The third-order valence-corrected chi connectivity index (χ3v) is 2.73. The molecule has 0 fully saturated rings. The van der Waals surface area contributed by atoms with Crippen molar-refractivity contribution in [2.75, 3.05) is 7.05 Å². The summed E-state index contributed by atoms with van der Waals surface area (Å²) >= 11 is 3.35. The molecule has 0 aliphatic carbocycles. The summed E-state index contributed by atoms with van der Waals surface area (Å²) in [6.45, 7) is 0. The van der Waals surface area contributed by atoms with Crippen molar-refractivity contribution in [1.29, 1.82) is 0 Å². The Kier molecular flexibility index (Phi) is 2.29. The number of hydrogen-bond acceptors (Lipinski definition) is 1. The van der Waals surface area contributed by atoms with Crippen LogP contribution in [0.15, 0.2) is 30.5 Å². The van der Waals surface area contributed by atoms with E-state index < -0.39 is 0 Å². The SMILES string of the molecule is CNC(=O)c1cn(Br)c2ccccc12. The Morgan fingerprint density at radius 2 is 2.14 bits per heavy atom. The Morgan fingerprint density at radius 3 is 2.86 bits per heavy atom. The lowest BCUT2D eigenvalue weighted by Gasteiger charge is -1.95. The maximum absolute atomic E-state index is 11.5. The summed E-state index contributed by atoms with van der Waals surface area (Å²) < 4.78 is 1.77. The number of aromatic nitrogens is 1. The molecule has 0 unspecified atom stereocenters. The highest BCUT2D eigenvalue weighted by Crippen LogP contribution is 2.22. The molecule has 2 rings (SSSR count). The summed E-state index contributed by atoms with van der Waals surface area (Å²) in [5.74, 6) is -0.0700. The fraction of sp³-hybridized carbons (Fsp3) is 0.100. The van der Waals surface area contributed by atoms with Crippen LogP contribution >= 0.6 is 16.1 Å². The predicted octanol–water partition coefficient (Wildman–Crippen LogP) is 2.16. The van der Waals surface area contributed by atoms with Crippen LogP contribution in [-0.4, -0.2) is 16.5 Å². The summed E-state index contributed by atoms with van der Waals surface area (Å²) in [7, 11) is 1.63. The number of nitrogens with zero attached hydrogens (tertiary/aromatic N) is 1. The molecule has 0 bridgehead atoms. The van der Waals surface area contributed by atoms with Crippen LogP contribution in [0, 0.1) is 0 Å². The molecule has 72 valence electrons. The maximum Gasteiger partial charge on any atom is 0.253 e. The number of hydrogen-bond donors (Lipinski definition) is 1. The van der Waals surface area contributed by atoms with Gasteiger partial charge in [0.05, 0.1) is 27.2 Å². The highest BCUT2D eigenvalue weighted by atomic mass is 79.9. The lowest BCUT2D eigenvalue weighted by atomic mass is 10.2. The second-order valence-electron chi connectivity index (χ2n) is 2.95. The monoisotopic (exact) mass is 252 g/mol. The van der Waals surface area contributed by atoms with E-state index in [0.29, 0.717) is 5.56 Å². The largest absolute Gasteiger partial charge is 0.355 e. The Hall–Kier alpha value is -1.29. The van der Waals surface area contributed by atoms with Gasteiger partial charge in [0.25, 0.3) is 5.91 Å². The third kappa shape index (κ3) is 1.32. The summed E-state index contributed by atoms with van der Waals surface area (Å²) in [6, 6.07) is 7.74. The lowest BCUT2D eigenvalue weighted by Crippen LogP contribution is -2.17. The molecular weight excluding hydrogens is 244 g/mol. The van der Waals surface area contributed by atoms with Crippen molar-refractivity contribution in [3.63, 3.8) is 0 Å². The Labute approximate surface area is 90.1 Å². The molecule has 0 saturated heterocycles. The first-order chi connectivity index (χ1) is 6.74. The average molecular weight is 253 g/mol. The average Bonchev–Trinajstić information content (AvgIpc) is 2.56. The fourth-order valence-electron chi connectivity index (χ4n) is 1.46. The molecule has 3 nitrogen and oxygen atoms in total. The standard InChI is InChI=1S/C10H9BrN2O/c1-12-10(14)8-6-13(11)9-5-3-2-4-7(8)9/h2-6H,1H3,(H,12,14). The molecular formula is C10H9BrN2O. The molecule has 4 heteroatoms. The van der Waals surface area contributed by atoms with Crippen LogP contribution in [-0.2, 0) is 0 Å². The van der Waals surface area contributed by atoms with Gasteiger partial charge >= 0.3 is 0 Å². The molecule has 1 amide bonds. The second kappa shape index (κ2) is 3.46. The zero-order valence-electron chi connectivity index (χ0n) is 7.62. The van der Waals surface area contributed by atoms with Gasteiger partial charge in [0, 0.05) is 18.6 Å². The van der Waals surface area contributed by atoms with E-state index in [4.69, 9.17) is 0 Å². The fourth-order valence-corrected chi connectivity index (χ4v) is 1.97. The van der Waals surface area contributed by atoms with Gasteiger partial charge in [-0.3, -0.25) is 8.39 Å². The van der Waals surface area contributed by atoms with Crippen molar-refractivity contribution in [2.45, 2.75) is 0 Å². The minimum Gasteiger partial charge on any atom is -0.355 e. The van der Waals surface area contributed by atoms with Crippen LogP contribution in [0.4, 0.5) is 0 Å². The highest BCUT2D eigenvalue weighted by molar-refractivity contribution is 9.08. The first kappa shape index (κ1) is 9.27. The number of carbonyl (C=O) groups excluding carboxylic acids is 1. The van der Waals surface area contributed by atoms with E-state index in [0.717, 1.165) is 10.9 Å². The van der Waals surface area contributed by atoms with Gasteiger partial charge in [0.15, 0.2) is 0 Å². The Balaban J connectivity index is 2.72. The quantitative estimate of drug-likeness (QED) is 0.830. The summed E-state index contributed by atoms with van der Waals surface area (Å²) in [5, 5.41) is 3.56. The van der Waals surface area contributed by atoms with Gasteiger partial charge in [-0.2, -0.15) is 0 Å². The van der Waals surface area contributed by atoms with Crippen LogP contribution in [0.25, 0.3) is 10.9 Å². The first-order valence-corrected chi connectivity index (χ1v) is 4.93. The van der Waals surface area contributed by atoms with E-state index in [1.165, 1.54) is 0 Å². The highest BCUT2D eigenvalue weighted by Gasteiger charge is 2.11. The van der Waals surface area contributed by atoms with Gasteiger partial charge in [-0.25, -0.2) is 0 Å². The molecule has 2 aromatic rings. The first-order valence-electron chi connectivity index (χ1n) is 4.22. The molecule has 0 radical (unpaired) electrons. The van der Waals surface area contributed by atoms with Crippen molar-refractivity contribution in [3.05, 3.63) is 36.0 Å². The molecule has 14 heavy (non-hydrogen) atoms. The van der Waals surface area contributed by atoms with E-state index in [-0.39, 0.29) is 5.91 Å². The number of amides is 1. The lowest BCUT2D eigenvalue weighted by molar-refractivity contribution is 0.0964. The number of halogens is 1. The van der Waals surface area contributed by atoms with Crippen LogP contribution in [0.5, 0.6) is 0 Å². The number of benzene rings is 1. The van der Waals surface area contributed by atoms with E-state index in [9.17, 15) is 4.79 Å². The van der Waals surface area contributed by atoms with Crippen molar-refractivity contribution >= 4 is 33.0 Å². The van der Waals surface area contributed by atoms with Gasteiger partial charge in [0.1, 0.15) is 0 Å².